The number of carbonyl (C=O) groups excluding carboxylic acids is 2. The smallest absolute Gasteiger partial charge is 0.458 e. The summed E-state index contributed by atoms with van der Waals surface area (Å²) in [7, 11) is 0. The molecule has 2 atom stereocenters. The van der Waals surface area contributed by atoms with Gasteiger partial charge in [0.25, 0.3) is 0 Å². The van der Waals surface area contributed by atoms with Gasteiger partial charge in [-0.2, -0.15) is 0 Å². The standard InChI is InChI=1S/C21H34O5/c1-5-7-8-24-18(23)26-21-12-15-9-16(13-21)11-20(10-15,14-21)25-17(22)19(3,4)6-2/h15-16H,5-14H2,1-4H3. The van der Waals surface area contributed by atoms with Crippen LogP contribution < -0.4 is 0 Å². The summed E-state index contributed by atoms with van der Waals surface area (Å²) < 4.78 is 17.2. The van der Waals surface area contributed by atoms with Crippen LogP contribution in [-0.2, 0) is 19.0 Å². The van der Waals surface area contributed by atoms with Crippen molar-refractivity contribution >= 4 is 12.1 Å². The molecule has 0 N–H and O–H groups in total. The second kappa shape index (κ2) is 7.05. The Labute approximate surface area is 157 Å². The zero-order chi connectivity index (χ0) is 19.0. The molecule has 0 aromatic rings. The summed E-state index contributed by atoms with van der Waals surface area (Å²) in [6.07, 6.45) is 7.38. The number of unbranched alkanes of at least 4 members (excludes halogenated alkanes) is 1. The van der Waals surface area contributed by atoms with E-state index in [9.17, 15) is 9.59 Å². The predicted octanol–water partition coefficient (Wildman–Crippen LogP) is 5.01. The van der Waals surface area contributed by atoms with Crippen LogP contribution in [0.2, 0.25) is 0 Å². The molecule has 0 aromatic carbocycles. The van der Waals surface area contributed by atoms with Gasteiger partial charge in [0.1, 0.15) is 11.2 Å². The molecule has 5 nitrogen and oxygen atoms in total. The quantitative estimate of drug-likeness (QED) is 0.468. The molecule has 0 heterocycles. The van der Waals surface area contributed by atoms with E-state index in [0.717, 1.165) is 51.4 Å². The number of ether oxygens (including phenoxy) is 3. The second-order valence-corrected chi connectivity index (χ2v) is 9.51. The van der Waals surface area contributed by atoms with Crippen molar-refractivity contribution in [2.45, 2.75) is 96.7 Å². The first-order chi connectivity index (χ1) is 12.2. The van der Waals surface area contributed by atoms with Crippen LogP contribution in [0.5, 0.6) is 0 Å². The van der Waals surface area contributed by atoms with Gasteiger partial charge >= 0.3 is 12.1 Å². The average Bonchev–Trinajstić information content (AvgIpc) is 2.52. The molecule has 0 amide bonds. The van der Waals surface area contributed by atoms with E-state index in [0.29, 0.717) is 24.9 Å². The fourth-order valence-electron chi connectivity index (χ4n) is 5.32. The van der Waals surface area contributed by atoms with Crippen LogP contribution in [0.1, 0.15) is 85.5 Å². The van der Waals surface area contributed by atoms with Gasteiger partial charge in [-0.3, -0.25) is 4.79 Å². The van der Waals surface area contributed by atoms with Crippen LogP contribution in [0.4, 0.5) is 4.79 Å². The molecule has 4 saturated carbocycles. The summed E-state index contributed by atoms with van der Waals surface area (Å²) >= 11 is 0. The molecule has 4 fully saturated rings. The molecule has 4 rings (SSSR count). The normalized spacial score (nSPS) is 35.2. The SMILES string of the molecule is CCCCOC(=O)OC12CC3CC(C1)CC(OC(=O)C(C)(C)CC)(C3)C2. The zero-order valence-corrected chi connectivity index (χ0v) is 16.8. The van der Waals surface area contributed by atoms with Gasteiger partial charge in [-0.05, 0) is 70.6 Å². The van der Waals surface area contributed by atoms with Gasteiger partial charge in [0, 0.05) is 6.42 Å². The lowest BCUT2D eigenvalue weighted by Crippen LogP contribution is -2.62. The topological polar surface area (TPSA) is 61.8 Å². The van der Waals surface area contributed by atoms with Crippen LogP contribution in [0, 0.1) is 17.3 Å². The van der Waals surface area contributed by atoms with Crippen molar-refractivity contribution in [3.8, 4) is 0 Å². The Morgan fingerprint density at radius 3 is 2.12 bits per heavy atom. The zero-order valence-electron chi connectivity index (χ0n) is 16.8. The van der Waals surface area contributed by atoms with E-state index in [1.807, 2.05) is 20.8 Å². The van der Waals surface area contributed by atoms with Crippen molar-refractivity contribution in [2.75, 3.05) is 6.61 Å². The van der Waals surface area contributed by atoms with E-state index >= 15 is 0 Å². The van der Waals surface area contributed by atoms with Gasteiger partial charge in [0.05, 0.1) is 12.0 Å². The molecule has 0 aromatic heterocycles. The summed E-state index contributed by atoms with van der Waals surface area (Å²) in [5, 5.41) is 0. The van der Waals surface area contributed by atoms with E-state index in [-0.39, 0.29) is 5.97 Å². The Bertz CT molecular complexity index is 539. The first-order valence-electron chi connectivity index (χ1n) is 10.3. The maximum atomic E-state index is 12.7. The summed E-state index contributed by atoms with van der Waals surface area (Å²) in [6.45, 7) is 8.35. The minimum Gasteiger partial charge on any atom is -0.458 e. The molecule has 148 valence electrons. The highest BCUT2D eigenvalue weighted by molar-refractivity contribution is 5.76. The number of esters is 1. The Balaban J connectivity index is 1.70. The number of hydrogen-bond donors (Lipinski definition) is 0. The van der Waals surface area contributed by atoms with Gasteiger partial charge in [-0.25, -0.2) is 4.79 Å². The third-order valence-corrected chi connectivity index (χ3v) is 6.72. The lowest BCUT2D eigenvalue weighted by Gasteiger charge is -2.60. The van der Waals surface area contributed by atoms with E-state index in [4.69, 9.17) is 14.2 Å². The summed E-state index contributed by atoms with van der Waals surface area (Å²) in [4.78, 5) is 24.9. The van der Waals surface area contributed by atoms with Crippen molar-refractivity contribution in [3.63, 3.8) is 0 Å². The molecule has 4 bridgehead atoms. The Morgan fingerprint density at radius 2 is 1.58 bits per heavy atom. The molecule has 2 unspecified atom stereocenters. The van der Waals surface area contributed by atoms with Crippen molar-refractivity contribution < 1.29 is 23.8 Å². The molecular formula is C21H34O5. The van der Waals surface area contributed by atoms with Crippen LogP contribution in [0.15, 0.2) is 0 Å². The minimum atomic E-state index is -0.559. The second-order valence-electron chi connectivity index (χ2n) is 9.51. The largest absolute Gasteiger partial charge is 0.508 e. The highest BCUT2D eigenvalue weighted by atomic mass is 16.7. The van der Waals surface area contributed by atoms with Crippen LogP contribution in [0.25, 0.3) is 0 Å². The summed E-state index contributed by atoms with van der Waals surface area (Å²) in [5.74, 6) is 0.817. The fourth-order valence-corrected chi connectivity index (χ4v) is 5.32. The van der Waals surface area contributed by atoms with Gasteiger partial charge in [0.2, 0.25) is 0 Å². The Kier molecular flexibility index (Phi) is 5.28. The predicted molar refractivity (Wildman–Crippen MR) is 97.6 cm³/mol. The fraction of sp³-hybridized carbons (Fsp3) is 0.905. The molecule has 0 saturated heterocycles. The number of rotatable bonds is 7. The molecule has 4 aliphatic rings. The summed E-state index contributed by atoms with van der Waals surface area (Å²) in [6, 6.07) is 0. The highest BCUT2D eigenvalue weighted by Crippen LogP contribution is 2.60. The molecule has 0 radical (unpaired) electrons. The average molecular weight is 366 g/mol. The van der Waals surface area contributed by atoms with E-state index < -0.39 is 22.8 Å². The van der Waals surface area contributed by atoms with Crippen LogP contribution in [0.3, 0.4) is 0 Å². The maximum absolute atomic E-state index is 12.7. The van der Waals surface area contributed by atoms with Gasteiger partial charge < -0.3 is 14.2 Å². The molecule has 4 aliphatic carbocycles. The van der Waals surface area contributed by atoms with Gasteiger partial charge in [0.15, 0.2) is 0 Å². The Hall–Kier alpha value is -1.26. The van der Waals surface area contributed by atoms with Gasteiger partial charge in [-0.1, -0.05) is 20.3 Å². The van der Waals surface area contributed by atoms with Crippen molar-refractivity contribution in [2.24, 2.45) is 17.3 Å². The number of carbonyl (C=O) groups is 2. The molecule has 5 heteroatoms. The third-order valence-electron chi connectivity index (χ3n) is 6.72. The van der Waals surface area contributed by atoms with Crippen LogP contribution in [-0.4, -0.2) is 29.9 Å². The first kappa shape index (κ1) is 19.5. The monoisotopic (exact) mass is 366 g/mol. The molecule has 0 aliphatic heterocycles. The van der Waals surface area contributed by atoms with E-state index in [2.05, 4.69) is 6.92 Å². The Morgan fingerprint density at radius 1 is 1.00 bits per heavy atom. The van der Waals surface area contributed by atoms with Crippen molar-refractivity contribution in [1.82, 2.24) is 0 Å². The molecule has 0 spiro atoms. The lowest BCUT2D eigenvalue weighted by atomic mass is 9.52. The minimum absolute atomic E-state index is 0.123. The van der Waals surface area contributed by atoms with Crippen LogP contribution >= 0.6 is 0 Å². The summed E-state index contributed by atoms with van der Waals surface area (Å²) in [5.41, 5.74) is -1.45. The van der Waals surface area contributed by atoms with Crippen molar-refractivity contribution in [3.05, 3.63) is 0 Å². The lowest BCUT2D eigenvalue weighted by molar-refractivity contribution is -0.228. The first-order valence-corrected chi connectivity index (χ1v) is 10.3. The van der Waals surface area contributed by atoms with Crippen molar-refractivity contribution in [1.29, 1.82) is 0 Å². The molecular weight excluding hydrogens is 332 g/mol. The maximum Gasteiger partial charge on any atom is 0.508 e. The molecule has 26 heavy (non-hydrogen) atoms. The third kappa shape index (κ3) is 3.86. The van der Waals surface area contributed by atoms with E-state index in [1.54, 1.807) is 0 Å². The number of hydrogen-bond acceptors (Lipinski definition) is 5. The van der Waals surface area contributed by atoms with Gasteiger partial charge in [-0.15, -0.1) is 0 Å². The van der Waals surface area contributed by atoms with E-state index in [1.165, 1.54) is 0 Å². The highest BCUT2D eigenvalue weighted by Gasteiger charge is 2.62.